The highest BCUT2D eigenvalue weighted by molar-refractivity contribution is 5.96. The number of carbonyl (C=O) groups excluding carboxylic acids is 3. The molecule has 12 heteroatoms. The number of hydrogen-bond acceptors (Lipinski definition) is 9. The number of ether oxygens (including phenoxy) is 5. The zero-order chi connectivity index (χ0) is 34.6. The second-order valence-corrected chi connectivity index (χ2v) is 11.6. The Hall–Kier alpha value is -5.95. The summed E-state index contributed by atoms with van der Waals surface area (Å²) in [5, 5.41) is 14.7. The van der Waals surface area contributed by atoms with Gasteiger partial charge in [0, 0.05) is 34.5 Å². The Morgan fingerprint density at radius 2 is 1.26 bits per heavy atom. The number of aromatic amines is 2. The van der Waals surface area contributed by atoms with Crippen molar-refractivity contribution in [2.24, 2.45) is 0 Å². The summed E-state index contributed by atoms with van der Waals surface area (Å²) in [4.78, 5) is 46.9. The van der Waals surface area contributed by atoms with Crippen LogP contribution in [0.25, 0.3) is 32.9 Å². The molecule has 1 amide bonds. The summed E-state index contributed by atoms with van der Waals surface area (Å²) in [6, 6.07) is 34.4. The summed E-state index contributed by atoms with van der Waals surface area (Å²) in [7, 11) is 1.31. The predicted octanol–water partition coefficient (Wildman–Crippen LogP) is 6.05. The lowest BCUT2D eigenvalue weighted by Crippen LogP contribution is -2.63. The largest absolute Gasteiger partial charge is 0.449 e. The number of aliphatic hydroxyl groups excluding tert-OH is 1. The number of rotatable bonds is 9. The van der Waals surface area contributed by atoms with Crippen LogP contribution < -0.4 is 5.32 Å². The van der Waals surface area contributed by atoms with Crippen LogP contribution in [-0.4, -0.2) is 77.5 Å². The molecule has 0 aliphatic carbocycles. The van der Waals surface area contributed by atoms with Crippen LogP contribution in [0.3, 0.4) is 0 Å². The van der Waals surface area contributed by atoms with Crippen LogP contribution in [-0.2, 0) is 23.7 Å². The number of esters is 2. The van der Waals surface area contributed by atoms with Gasteiger partial charge in [-0.05, 0) is 35.9 Å². The van der Waals surface area contributed by atoms with Gasteiger partial charge in [-0.3, -0.25) is 5.32 Å². The Morgan fingerprint density at radius 1 is 0.700 bits per heavy atom. The second kappa shape index (κ2) is 14.3. The zero-order valence-electron chi connectivity index (χ0n) is 26.8. The molecular formula is C38H33N3O9. The molecule has 1 fully saturated rings. The van der Waals surface area contributed by atoms with E-state index in [1.165, 1.54) is 7.11 Å². The normalized spacial score (nSPS) is 20.3. The number of methoxy groups -OCH3 is 1. The number of anilines is 1. The summed E-state index contributed by atoms with van der Waals surface area (Å²) in [6.45, 7) is -0.651. The van der Waals surface area contributed by atoms with Gasteiger partial charge in [0.15, 0.2) is 24.6 Å². The topological polar surface area (TPSA) is 161 Å². The van der Waals surface area contributed by atoms with Crippen molar-refractivity contribution < 1.29 is 43.2 Å². The molecule has 0 saturated carbocycles. The van der Waals surface area contributed by atoms with Crippen molar-refractivity contribution in [2.45, 2.75) is 30.7 Å². The average molecular weight is 676 g/mol. The first-order valence-corrected chi connectivity index (χ1v) is 15.9. The number of nitrogens with one attached hydrogen (secondary N) is 3. The standard InChI is InChI=1S/C38H33N3O9/c1-46-37-34(49-36(44)30-20-24-14-6-9-17-27(24)40-30)33(48-35(43)29-19-23-13-5-8-16-26(23)39-29)32(31(21-42)47-37)50-38(45)41-28-18-10-7-15-25(28)22-11-3-2-4-12-22/h2-20,31-34,37,39-40,42H,21H2,1H3,(H,41,45)/t31-,32-,33+,34-,37+/m1/s1. The molecule has 2 aromatic heterocycles. The molecule has 0 bridgehead atoms. The molecule has 5 atom stereocenters. The number of carbonyl (C=O) groups is 3. The first-order chi connectivity index (χ1) is 24.4. The Kier molecular flexibility index (Phi) is 9.30. The molecule has 4 N–H and O–H groups in total. The molecule has 4 aromatic carbocycles. The molecule has 50 heavy (non-hydrogen) atoms. The van der Waals surface area contributed by atoms with E-state index in [-0.39, 0.29) is 11.4 Å². The number of H-pyrrole nitrogens is 2. The summed E-state index contributed by atoms with van der Waals surface area (Å²) in [6.07, 6.45) is -7.87. The lowest BCUT2D eigenvalue weighted by atomic mass is 9.98. The molecule has 7 rings (SSSR count). The van der Waals surface area contributed by atoms with Gasteiger partial charge in [-0.15, -0.1) is 0 Å². The van der Waals surface area contributed by atoms with Gasteiger partial charge in [0.2, 0.25) is 0 Å². The first-order valence-electron chi connectivity index (χ1n) is 15.9. The van der Waals surface area contributed by atoms with Crippen molar-refractivity contribution in [1.82, 2.24) is 9.97 Å². The number of hydrogen-bond donors (Lipinski definition) is 4. The minimum Gasteiger partial charge on any atom is -0.449 e. The first kappa shape index (κ1) is 32.6. The maximum atomic E-state index is 13.7. The van der Waals surface area contributed by atoms with E-state index in [0.717, 1.165) is 21.9 Å². The van der Waals surface area contributed by atoms with Gasteiger partial charge in [0.1, 0.15) is 17.5 Å². The SMILES string of the molecule is CO[C@H]1O[C@H](CO)[C@@H](OC(=O)Nc2ccccc2-c2ccccc2)[C@H](OC(=O)c2cc3ccccc3[nH]2)[C@H]1OC(=O)c1cc2ccccc2[nH]1. The van der Waals surface area contributed by atoms with Crippen molar-refractivity contribution in [1.29, 1.82) is 0 Å². The monoisotopic (exact) mass is 675 g/mol. The Bertz CT molecular complexity index is 2080. The summed E-state index contributed by atoms with van der Waals surface area (Å²) in [5.41, 5.74) is 3.67. The number of aromatic nitrogens is 2. The van der Waals surface area contributed by atoms with Gasteiger partial charge < -0.3 is 38.8 Å². The molecule has 1 aliphatic heterocycles. The zero-order valence-corrected chi connectivity index (χ0v) is 26.8. The fourth-order valence-corrected chi connectivity index (χ4v) is 6.08. The number of aliphatic hydroxyl groups is 1. The molecule has 3 heterocycles. The van der Waals surface area contributed by atoms with Crippen molar-refractivity contribution in [3.8, 4) is 11.1 Å². The third kappa shape index (κ3) is 6.67. The van der Waals surface area contributed by atoms with E-state index >= 15 is 0 Å². The summed E-state index contributed by atoms with van der Waals surface area (Å²) >= 11 is 0. The number of benzene rings is 4. The minimum atomic E-state index is -1.49. The molecule has 254 valence electrons. The molecule has 1 saturated heterocycles. The highest BCUT2D eigenvalue weighted by Crippen LogP contribution is 2.32. The quantitative estimate of drug-likeness (QED) is 0.106. The van der Waals surface area contributed by atoms with Crippen LogP contribution in [0.5, 0.6) is 0 Å². The highest BCUT2D eigenvalue weighted by atomic mass is 16.7. The summed E-state index contributed by atoms with van der Waals surface area (Å²) < 4.78 is 29.3. The van der Waals surface area contributed by atoms with Crippen LogP contribution in [0.2, 0.25) is 0 Å². The van der Waals surface area contributed by atoms with Gasteiger partial charge in [-0.25, -0.2) is 14.4 Å². The second-order valence-electron chi connectivity index (χ2n) is 11.6. The van der Waals surface area contributed by atoms with E-state index in [1.54, 1.807) is 30.3 Å². The van der Waals surface area contributed by atoms with E-state index in [0.29, 0.717) is 16.7 Å². The lowest BCUT2D eigenvalue weighted by Gasteiger charge is -2.43. The molecule has 0 radical (unpaired) electrons. The van der Waals surface area contributed by atoms with Crippen LogP contribution in [0.15, 0.2) is 115 Å². The van der Waals surface area contributed by atoms with Crippen LogP contribution >= 0.6 is 0 Å². The lowest BCUT2D eigenvalue weighted by molar-refractivity contribution is -0.291. The molecular weight excluding hydrogens is 642 g/mol. The van der Waals surface area contributed by atoms with Crippen molar-refractivity contribution >= 4 is 45.5 Å². The third-order valence-corrected chi connectivity index (χ3v) is 8.48. The molecule has 0 spiro atoms. The Labute approximate surface area is 285 Å². The van der Waals surface area contributed by atoms with Crippen LogP contribution in [0.4, 0.5) is 10.5 Å². The Balaban J connectivity index is 1.21. The van der Waals surface area contributed by atoms with Crippen molar-refractivity contribution in [3.63, 3.8) is 0 Å². The van der Waals surface area contributed by atoms with Gasteiger partial charge >= 0.3 is 18.0 Å². The summed E-state index contributed by atoms with van der Waals surface area (Å²) in [5.74, 6) is -1.62. The van der Waals surface area contributed by atoms with Gasteiger partial charge in [0.05, 0.1) is 12.3 Å². The maximum Gasteiger partial charge on any atom is 0.412 e. The highest BCUT2D eigenvalue weighted by Gasteiger charge is 2.53. The predicted molar refractivity (Wildman–Crippen MR) is 184 cm³/mol. The van der Waals surface area contributed by atoms with E-state index < -0.39 is 55.3 Å². The van der Waals surface area contributed by atoms with E-state index in [2.05, 4.69) is 15.3 Å². The molecule has 6 aromatic rings. The Morgan fingerprint density at radius 3 is 1.86 bits per heavy atom. The van der Waals surface area contributed by atoms with E-state index in [4.69, 9.17) is 23.7 Å². The maximum absolute atomic E-state index is 13.7. The van der Waals surface area contributed by atoms with Crippen LogP contribution in [0, 0.1) is 0 Å². The van der Waals surface area contributed by atoms with Crippen LogP contribution in [0.1, 0.15) is 21.0 Å². The van der Waals surface area contributed by atoms with E-state index in [9.17, 15) is 19.5 Å². The average Bonchev–Trinajstić information content (AvgIpc) is 3.79. The molecule has 12 nitrogen and oxygen atoms in total. The molecule has 0 unspecified atom stereocenters. The van der Waals surface area contributed by atoms with Crippen molar-refractivity contribution in [2.75, 3.05) is 19.0 Å². The molecule has 1 aliphatic rings. The van der Waals surface area contributed by atoms with E-state index in [1.807, 2.05) is 84.9 Å². The fourth-order valence-electron chi connectivity index (χ4n) is 6.08. The minimum absolute atomic E-state index is 0.105. The number of para-hydroxylation sites is 3. The van der Waals surface area contributed by atoms with Gasteiger partial charge in [-0.1, -0.05) is 84.9 Å². The number of amides is 1. The van der Waals surface area contributed by atoms with Crippen molar-refractivity contribution in [3.05, 3.63) is 127 Å². The smallest absolute Gasteiger partial charge is 0.412 e. The number of fused-ring (bicyclic) bond motifs is 2. The van der Waals surface area contributed by atoms with Gasteiger partial charge in [-0.2, -0.15) is 0 Å². The van der Waals surface area contributed by atoms with Gasteiger partial charge in [0.25, 0.3) is 0 Å². The third-order valence-electron chi connectivity index (χ3n) is 8.48. The fraction of sp³-hybridized carbons (Fsp3) is 0.184.